The number of hydrogen-bond acceptors (Lipinski definition) is 0. The van der Waals surface area contributed by atoms with Crippen LogP contribution in [0.2, 0.25) is 0 Å². The molecule has 0 nitrogen and oxygen atoms in total. The van der Waals surface area contributed by atoms with Gasteiger partial charge in [-0.2, -0.15) is 0 Å². The molecule has 0 aromatic heterocycles. The second-order valence-corrected chi connectivity index (χ2v) is 10.3. The quantitative estimate of drug-likeness (QED) is 0.264. The van der Waals surface area contributed by atoms with Gasteiger partial charge in [-0.05, 0) is 67.1 Å². The Labute approximate surface area is 201 Å². The molecule has 1 aliphatic rings. The highest BCUT2D eigenvalue weighted by atomic mass is 19.2. The first-order valence-electron chi connectivity index (χ1n) is 13.7. The predicted molar refractivity (Wildman–Crippen MR) is 138 cm³/mol. The summed E-state index contributed by atoms with van der Waals surface area (Å²) in [5, 5.41) is 0. The van der Waals surface area contributed by atoms with E-state index in [9.17, 15) is 8.78 Å². The zero-order valence-corrected chi connectivity index (χ0v) is 21.0. The molecule has 0 radical (unpaired) electrons. The molecule has 0 atom stereocenters. The molecule has 0 aliphatic heterocycles. The highest BCUT2D eigenvalue weighted by molar-refractivity contribution is 5.65. The summed E-state index contributed by atoms with van der Waals surface area (Å²) in [6, 6.07) is 11.8. The van der Waals surface area contributed by atoms with E-state index in [1.54, 1.807) is 12.1 Å². The van der Waals surface area contributed by atoms with Gasteiger partial charge in [-0.25, -0.2) is 8.78 Å². The van der Waals surface area contributed by atoms with E-state index < -0.39 is 11.6 Å². The minimum atomic E-state index is -0.696. The van der Waals surface area contributed by atoms with Crippen molar-refractivity contribution < 1.29 is 8.78 Å². The number of aryl methyl sites for hydroxylation is 1. The summed E-state index contributed by atoms with van der Waals surface area (Å²) >= 11 is 0. The van der Waals surface area contributed by atoms with Gasteiger partial charge in [-0.15, -0.1) is 0 Å². The molecule has 0 heterocycles. The molecule has 3 rings (SSSR count). The maximum Gasteiger partial charge on any atom is 0.166 e. The topological polar surface area (TPSA) is 0 Å². The van der Waals surface area contributed by atoms with Crippen LogP contribution in [0.25, 0.3) is 11.1 Å². The van der Waals surface area contributed by atoms with Crippen LogP contribution in [0.5, 0.6) is 0 Å². The second kappa shape index (κ2) is 13.9. The van der Waals surface area contributed by atoms with Crippen molar-refractivity contribution in [2.45, 2.75) is 116 Å². The zero-order chi connectivity index (χ0) is 23.5. The van der Waals surface area contributed by atoms with Gasteiger partial charge in [0.15, 0.2) is 11.6 Å². The van der Waals surface area contributed by atoms with E-state index in [-0.39, 0.29) is 0 Å². The summed E-state index contributed by atoms with van der Waals surface area (Å²) in [6.07, 6.45) is 18.1. The molecule has 2 aromatic carbocycles. The van der Waals surface area contributed by atoms with Crippen LogP contribution in [0.1, 0.15) is 121 Å². The molecule has 2 heteroatoms. The van der Waals surface area contributed by atoms with Gasteiger partial charge in [-0.1, -0.05) is 108 Å². The summed E-state index contributed by atoms with van der Waals surface area (Å²) in [5.41, 5.74) is 3.02. The third-order valence-electron chi connectivity index (χ3n) is 7.72. The molecule has 33 heavy (non-hydrogen) atoms. The summed E-state index contributed by atoms with van der Waals surface area (Å²) < 4.78 is 29.6. The summed E-state index contributed by atoms with van der Waals surface area (Å²) in [4.78, 5) is 0. The molecule has 0 N–H and O–H groups in total. The lowest BCUT2D eigenvalue weighted by Gasteiger charge is -2.29. The van der Waals surface area contributed by atoms with Crippen LogP contribution in [0.4, 0.5) is 8.78 Å². The largest absolute Gasteiger partial charge is 0.203 e. The maximum atomic E-state index is 14.9. The van der Waals surface area contributed by atoms with E-state index in [1.165, 1.54) is 82.6 Å². The molecule has 0 saturated heterocycles. The van der Waals surface area contributed by atoms with Gasteiger partial charge in [0.05, 0.1) is 0 Å². The first-order chi connectivity index (χ1) is 16.1. The Morgan fingerprint density at radius 2 is 1.30 bits per heavy atom. The monoisotopic (exact) mass is 454 g/mol. The predicted octanol–water partition coefficient (Wildman–Crippen LogP) is 10.4. The standard InChI is InChI=1S/C31H44F2/c1-3-5-7-8-9-11-13-28-22-23-29(31(33)30(28)32)27-20-18-26(19-21-27)25-16-14-24(15-17-25)12-10-6-4-2/h18-25H,3-17H2,1-2H3. The molecule has 1 saturated carbocycles. The third-order valence-corrected chi connectivity index (χ3v) is 7.72. The van der Waals surface area contributed by atoms with Gasteiger partial charge in [0.1, 0.15) is 0 Å². The molecule has 0 unspecified atom stereocenters. The average Bonchev–Trinajstić information content (AvgIpc) is 2.85. The second-order valence-electron chi connectivity index (χ2n) is 10.3. The molecule has 0 spiro atoms. The van der Waals surface area contributed by atoms with Crippen molar-refractivity contribution in [1.29, 1.82) is 0 Å². The summed E-state index contributed by atoms with van der Waals surface area (Å²) in [5.74, 6) is 0.159. The molecule has 182 valence electrons. The van der Waals surface area contributed by atoms with Crippen molar-refractivity contribution in [3.63, 3.8) is 0 Å². The maximum absolute atomic E-state index is 14.9. The van der Waals surface area contributed by atoms with Crippen LogP contribution in [-0.2, 0) is 6.42 Å². The van der Waals surface area contributed by atoms with Crippen LogP contribution in [0, 0.1) is 17.6 Å². The zero-order valence-electron chi connectivity index (χ0n) is 21.0. The highest BCUT2D eigenvalue weighted by Gasteiger charge is 2.22. The van der Waals surface area contributed by atoms with Crippen LogP contribution in [-0.4, -0.2) is 0 Å². The Morgan fingerprint density at radius 3 is 2.00 bits per heavy atom. The number of rotatable bonds is 13. The Morgan fingerprint density at radius 1 is 0.667 bits per heavy atom. The molecule has 2 aromatic rings. The smallest absolute Gasteiger partial charge is 0.166 e. The average molecular weight is 455 g/mol. The number of unbranched alkanes of at least 4 members (excludes halogenated alkanes) is 7. The molecular formula is C31H44F2. The number of halogens is 2. The first-order valence-corrected chi connectivity index (χ1v) is 13.7. The van der Waals surface area contributed by atoms with E-state index >= 15 is 0 Å². The Kier molecular flexibility index (Phi) is 10.9. The lowest BCUT2D eigenvalue weighted by molar-refractivity contribution is 0.303. The Balaban J connectivity index is 1.54. The van der Waals surface area contributed by atoms with Crippen molar-refractivity contribution in [3.05, 3.63) is 59.2 Å². The lowest BCUT2D eigenvalue weighted by Crippen LogP contribution is -2.13. The van der Waals surface area contributed by atoms with E-state index in [2.05, 4.69) is 26.0 Å². The van der Waals surface area contributed by atoms with Gasteiger partial charge < -0.3 is 0 Å². The lowest BCUT2D eigenvalue weighted by atomic mass is 9.77. The van der Waals surface area contributed by atoms with Crippen molar-refractivity contribution in [2.24, 2.45) is 5.92 Å². The van der Waals surface area contributed by atoms with Crippen LogP contribution >= 0.6 is 0 Å². The fraction of sp³-hybridized carbons (Fsp3) is 0.613. The number of benzene rings is 2. The van der Waals surface area contributed by atoms with E-state index in [0.29, 0.717) is 23.5 Å². The molecule has 1 fully saturated rings. The fourth-order valence-electron chi connectivity index (χ4n) is 5.50. The van der Waals surface area contributed by atoms with Gasteiger partial charge >= 0.3 is 0 Å². The van der Waals surface area contributed by atoms with Gasteiger partial charge in [0.2, 0.25) is 0 Å². The van der Waals surface area contributed by atoms with Crippen LogP contribution < -0.4 is 0 Å². The van der Waals surface area contributed by atoms with E-state index in [0.717, 1.165) is 24.3 Å². The third kappa shape index (κ3) is 7.66. The van der Waals surface area contributed by atoms with Crippen molar-refractivity contribution in [3.8, 4) is 11.1 Å². The van der Waals surface area contributed by atoms with Crippen molar-refractivity contribution in [2.75, 3.05) is 0 Å². The summed E-state index contributed by atoms with van der Waals surface area (Å²) in [6.45, 7) is 4.47. The fourth-order valence-corrected chi connectivity index (χ4v) is 5.50. The molecule has 0 bridgehead atoms. The SMILES string of the molecule is CCCCCCCCc1ccc(-c2ccc(C3CCC(CCCCC)CC3)cc2)c(F)c1F. The van der Waals surface area contributed by atoms with Crippen LogP contribution in [0.15, 0.2) is 36.4 Å². The minimum Gasteiger partial charge on any atom is -0.203 e. The minimum absolute atomic E-state index is 0.380. The Hall–Kier alpha value is -1.70. The Bertz CT molecular complexity index is 816. The highest BCUT2D eigenvalue weighted by Crippen LogP contribution is 2.38. The van der Waals surface area contributed by atoms with Gasteiger partial charge in [0, 0.05) is 5.56 Å². The molecule has 0 amide bonds. The van der Waals surface area contributed by atoms with E-state index in [4.69, 9.17) is 0 Å². The number of hydrogen-bond donors (Lipinski definition) is 0. The van der Waals surface area contributed by atoms with Crippen LogP contribution in [0.3, 0.4) is 0 Å². The van der Waals surface area contributed by atoms with Gasteiger partial charge in [0.25, 0.3) is 0 Å². The van der Waals surface area contributed by atoms with Crippen molar-refractivity contribution in [1.82, 2.24) is 0 Å². The summed E-state index contributed by atoms with van der Waals surface area (Å²) in [7, 11) is 0. The normalized spacial score (nSPS) is 18.5. The van der Waals surface area contributed by atoms with E-state index in [1.807, 2.05) is 12.1 Å². The molecular weight excluding hydrogens is 410 g/mol. The molecule has 1 aliphatic carbocycles. The van der Waals surface area contributed by atoms with Gasteiger partial charge in [-0.3, -0.25) is 0 Å². The van der Waals surface area contributed by atoms with Crippen molar-refractivity contribution >= 4 is 0 Å². The first kappa shape index (κ1) is 25.9.